The molecule has 2 N–H and O–H groups in total. The zero-order chi connectivity index (χ0) is 31.4. The van der Waals surface area contributed by atoms with E-state index >= 15 is 0 Å². The summed E-state index contributed by atoms with van der Waals surface area (Å²) in [7, 11) is -1.46. The van der Waals surface area contributed by atoms with Gasteiger partial charge in [-0.15, -0.1) is 5.10 Å². The minimum Gasteiger partial charge on any atom is -0.495 e. The maximum absolute atomic E-state index is 14.1. The third kappa shape index (κ3) is 7.39. The van der Waals surface area contributed by atoms with Crippen LogP contribution in [0.1, 0.15) is 0 Å². The topological polar surface area (TPSA) is 136 Å². The molecule has 2 aromatic heterocycles. The molecular weight excluding hydrogens is 620 g/mol. The van der Waals surface area contributed by atoms with Gasteiger partial charge in [0.05, 0.1) is 17.8 Å². The van der Waals surface area contributed by atoms with Crippen molar-refractivity contribution in [1.82, 2.24) is 20.5 Å². The molecule has 2 aromatic carbocycles. The van der Waals surface area contributed by atoms with Gasteiger partial charge in [0.2, 0.25) is 0 Å². The fourth-order valence-corrected chi connectivity index (χ4v) is 4.92. The number of alkyl halides is 3. The fraction of sp³-hybridized carbons (Fsp3) is 0.154. The average Bonchev–Trinajstić information content (AvgIpc) is 2.97. The first kappa shape index (κ1) is 31.2. The predicted octanol–water partition coefficient (Wildman–Crippen LogP) is 5.56. The molecule has 0 saturated carbocycles. The number of halogens is 5. The number of carbonyl (C=O) groups is 1. The van der Waals surface area contributed by atoms with Crippen molar-refractivity contribution in [2.75, 3.05) is 30.4 Å². The van der Waals surface area contributed by atoms with Crippen LogP contribution in [0.3, 0.4) is 0 Å². The Kier molecular flexibility index (Phi) is 9.20. The standard InChI is InChI=1S/C26H21ClF4N6O5S/c1-32-25(38)37(24-8-6-16(13-33-24)43(39,40)36-23-4-3-9-34-35-23)20-12-18(27)17(11-22(20)41-2)15-5-7-19(28)21(10-15)42-14-26(29,30)31/h3-13H,14H2,1-2H3,(H,32,38)(H,35,36). The van der Waals surface area contributed by atoms with E-state index in [2.05, 4.69) is 30.0 Å². The Morgan fingerprint density at radius 1 is 1.09 bits per heavy atom. The van der Waals surface area contributed by atoms with Crippen molar-refractivity contribution in [2.24, 2.45) is 0 Å². The monoisotopic (exact) mass is 640 g/mol. The SMILES string of the molecule is CNC(=O)N(c1ccc(S(=O)(=O)Nc2cccnn2)cn1)c1cc(Cl)c(-c2ccc(F)c(OCC(F)(F)F)c2)cc1OC. The second-order valence-electron chi connectivity index (χ2n) is 8.51. The number of carbonyl (C=O) groups excluding carboxylic acids is 1. The largest absolute Gasteiger partial charge is 0.495 e. The lowest BCUT2D eigenvalue weighted by molar-refractivity contribution is -0.153. The normalized spacial score (nSPS) is 11.5. The van der Waals surface area contributed by atoms with Crippen molar-refractivity contribution in [3.63, 3.8) is 0 Å². The summed E-state index contributed by atoms with van der Waals surface area (Å²) in [6, 6.07) is 10.6. The van der Waals surface area contributed by atoms with Crippen molar-refractivity contribution in [2.45, 2.75) is 11.1 Å². The zero-order valence-corrected chi connectivity index (χ0v) is 23.8. The summed E-state index contributed by atoms with van der Waals surface area (Å²) in [5.41, 5.74) is 0.496. The lowest BCUT2D eigenvalue weighted by atomic mass is 10.0. The number of anilines is 3. The molecule has 0 fully saturated rings. The highest BCUT2D eigenvalue weighted by atomic mass is 35.5. The molecule has 2 heterocycles. The maximum atomic E-state index is 14.1. The first-order valence-electron chi connectivity index (χ1n) is 12.0. The molecule has 0 spiro atoms. The van der Waals surface area contributed by atoms with Crippen LogP contribution < -0.4 is 24.4 Å². The van der Waals surface area contributed by atoms with Gasteiger partial charge in [0.15, 0.2) is 24.0 Å². The number of methoxy groups -OCH3 is 1. The summed E-state index contributed by atoms with van der Waals surface area (Å²) in [6.07, 6.45) is -2.29. The number of ether oxygens (including phenoxy) is 2. The lowest BCUT2D eigenvalue weighted by Gasteiger charge is -2.24. The smallest absolute Gasteiger partial charge is 0.422 e. The van der Waals surface area contributed by atoms with Gasteiger partial charge in [-0.2, -0.15) is 18.3 Å². The van der Waals surface area contributed by atoms with E-state index in [4.69, 9.17) is 16.3 Å². The first-order chi connectivity index (χ1) is 20.3. The Labute approximate surface area is 247 Å². The average molecular weight is 641 g/mol. The Bertz CT molecular complexity index is 1730. The molecule has 17 heteroatoms. The molecule has 0 unspecified atom stereocenters. The van der Waals surface area contributed by atoms with Crippen LogP contribution in [0.4, 0.5) is 39.7 Å². The van der Waals surface area contributed by atoms with Gasteiger partial charge in [0.1, 0.15) is 16.5 Å². The molecular formula is C26H21ClF4N6O5S. The summed E-state index contributed by atoms with van der Waals surface area (Å²) >= 11 is 6.53. The number of hydrogen-bond acceptors (Lipinski definition) is 8. The fourth-order valence-electron chi connectivity index (χ4n) is 3.71. The number of urea groups is 1. The number of rotatable bonds is 9. The second kappa shape index (κ2) is 12.7. The van der Waals surface area contributed by atoms with Crippen LogP contribution in [0.2, 0.25) is 5.02 Å². The van der Waals surface area contributed by atoms with Crippen molar-refractivity contribution in [3.05, 3.63) is 77.8 Å². The van der Waals surface area contributed by atoms with Crippen LogP contribution in [0, 0.1) is 5.82 Å². The lowest BCUT2D eigenvalue weighted by Crippen LogP contribution is -2.35. The minimum atomic E-state index is -4.68. The van der Waals surface area contributed by atoms with Gasteiger partial charge in [-0.1, -0.05) is 17.7 Å². The maximum Gasteiger partial charge on any atom is 0.422 e. The molecule has 0 radical (unpaired) electrons. The highest BCUT2D eigenvalue weighted by molar-refractivity contribution is 7.92. The number of nitrogens with one attached hydrogen (secondary N) is 2. The van der Waals surface area contributed by atoms with Crippen molar-refractivity contribution >= 4 is 45.0 Å². The highest BCUT2D eigenvalue weighted by Crippen LogP contribution is 2.42. The molecule has 0 aliphatic rings. The van der Waals surface area contributed by atoms with Crippen LogP contribution in [0.5, 0.6) is 11.5 Å². The molecule has 11 nitrogen and oxygen atoms in total. The van der Waals surface area contributed by atoms with E-state index in [1.54, 1.807) is 0 Å². The third-order valence-corrected chi connectivity index (χ3v) is 7.28. The number of benzene rings is 2. The van der Waals surface area contributed by atoms with Crippen LogP contribution in [-0.2, 0) is 10.0 Å². The van der Waals surface area contributed by atoms with Gasteiger partial charge in [-0.25, -0.2) is 27.5 Å². The predicted molar refractivity (Wildman–Crippen MR) is 149 cm³/mol. The number of nitrogens with zero attached hydrogens (tertiary/aromatic N) is 4. The molecule has 0 atom stereocenters. The van der Waals surface area contributed by atoms with Crippen LogP contribution in [-0.4, -0.2) is 56.6 Å². The second-order valence-corrected chi connectivity index (χ2v) is 10.6. The number of hydrogen-bond donors (Lipinski definition) is 2. The number of aromatic nitrogens is 3. The summed E-state index contributed by atoms with van der Waals surface area (Å²) < 4.78 is 89.8. The Balaban J connectivity index is 1.71. The van der Waals surface area contributed by atoms with Gasteiger partial charge >= 0.3 is 12.2 Å². The van der Waals surface area contributed by atoms with E-state index in [-0.39, 0.29) is 44.1 Å². The molecule has 0 saturated heterocycles. The molecule has 0 aliphatic carbocycles. The molecule has 4 aromatic rings. The van der Waals surface area contributed by atoms with Gasteiger partial charge < -0.3 is 14.8 Å². The van der Waals surface area contributed by atoms with Gasteiger partial charge in [0.25, 0.3) is 10.0 Å². The molecule has 226 valence electrons. The first-order valence-corrected chi connectivity index (χ1v) is 13.8. The van der Waals surface area contributed by atoms with E-state index in [0.717, 1.165) is 23.2 Å². The summed E-state index contributed by atoms with van der Waals surface area (Å²) in [4.78, 5) is 17.9. The Morgan fingerprint density at radius 2 is 1.86 bits per heavy atom. The highest BCUT2D eigenvalue weighted by Gasteiger charge is 2.29. The molecule has 0 bridgehead atoms. The van der Waals surface area contributed by atoms with Gasteiger partial charge in [-0.05, 0) is 54.1 Å². The van der Waals surface area contributed by atoms with Crippen LogP contribution >= 0.6 is 11.6 Å². The summed E-state index contributed by atoms with van der Waals surface area (Å²) in [6.45, 7) is -1.70. The Morgan fingerprint density at radius 3 is 2.47 bits per heavy atom. The summed E-state index contributed by atoms with van der Waals surface area (Å²) in [5.74, 6) is -1.63. The van der Waals surface area contributed by atoms with E-state index < -0.39 is 40.4 Å². The molecule has 4 rings (SSSR count). The van der Waals surface area contributed by atoms with E-state index in [9.17, 15) is 30.8 Å². The van der Waals surface area contributed by atoms with Crippen molar-refractivity contribution in [1.29, 1.82) is 0 Å². The van der Waals surface area contributed by atoms with E-state index in [1.165, 1.54) is 62.8 Å². The zero-order valence-electron chi connectivity index (χ0n) is 22.2. The van der Waals surface area contributed by atoms with Crippen molar-refractivity contribution < 1.29 is 40.2 Å². The van der Waals surface area contributed by atoms with Gasteiger partial charge in [0, 0.05) is 25.0 Å². The molecule has 43 heavy (non-hydrogen) atoms. The number of sulfonamides is 1. The van der Waals surface area contributed by atoms with E-state index in [1.807, 2.05) is 0 Å². The number of pyridine rings is 1. The Hall–Kier alpha value is -4.70. The third-order valence-electron chi connectivity index (χ3n) is 5.63. The molecule has 2 amide bonds. The van der Waals surface area contributed by atoms with Crippen molar-refractivity contribution in [3.8, 4) is 22.6 Å². The minimum absolute atomic E-state index is 0.00505. The quantitative estimate of drug-likeness (QED) is 0.227. The van der Waals surface area contributed by atoms with Crippen LogP contribution in [0.25, 0.3) is 11.1 Å². The molecule has 0 aliphatic heterocycles. The van der Waals surface area contributed by atoms with Gasteiger partial charge in [-0.3, -0.25) is 4.72 Å². The van der Waals surface area contributed by atoms with E-state index in [0.29, 0.717) is 0 Å². The summed E-state index contributed by atoms with van der Waals surface area (Å²) in [5, 5.41) is 9.73. The number of amides is 2. The van der Waals surface area contributed by atoms with Crippen LogP contribution in [0.15, 0.2) is 71.9 Å².